The summed E-state index contributed by atoms with van der Waals surface area (Å²) in [6.07, 6.45) is 0. The van der Waals surface area contributed by atoms with Gasteiger partial charge in [-0.3, -0.25) is 0 Å². The molecule has 0 radical (unpaired) electrons. The quantitative estimate of drug-likeness (QED) is 0.815. The standard InChI is InChI=1S/C12H17N3O3S/c1-9(7-13)8-15(2)19(16,17)10-4-5-12(18-3)11(14)6-10/h4-6,9H,8,14H2,1-3H3. The predicted octanol–water partition coefficient (Wildman–Crippen LogP) is 1.06. The van der Waals surface area contributed by atoms with E-state index in [1.54, 1.807) is 6.92 Å². The van der Waals surface area contributed by atoms with Gasteiger partial charge in [-0.25, -0.2) is 8.42 Å². The number of nitrogens with two attached hydrogens (primary N) is 1. The third-order valence-corrected chi connectivity index (χ3v) is 4.48. The summed E-state index contributed by atoms with van der Waals surface area (Å²) in [5.74, 6) is 0.0439. The van der Waals surface area contributed by atoms with Crippen LogP contribution in [0.3, 0.4) is 0 Å². The van der Waals surface area contributed by atoms with Crippen molar-refractivity contribution in [2.75, 3.05) is 26.4 Å². The van der Waals surface area contributed by atoms with Crippen molar-refractivity contribution in [3.05, 3.63) is 18.2 Å². The van der Waals surface area contributed by atoms with Crippen LogP contribution in [0.15, 0.2) is 23.1 Å². The molecule has 0 heterocycles. The Bertz CT molecular complexity index is 593. The number of anilines is 1. The van der Waals surface area contributed by atoms with E-state index in [9.17, 15) is 8.42 Å². The monoisotopic (exact) mass is 283 g/mol. The van der Waals surface area contributed by atoms with Crippen LogP contribution in [0, 0.1) is 17.2 Å². The molecule has 0 amide bonds. The lowest BCUT2D eigenvalue weighted by atomic mass is 10.2. The zero-order valence-corrected chi connectivity index (χ0v) is 11.9. The molecule has 104 valence electrons. The van der Waals surface area contributed by atoms with Gasteiger partial charge in [0.25, 0.3) is 0 Å². The van der Waals surface area contributed by atoms with Crippen LogP contribution in [0.4, 0.5) is 5.69 Å². The molecule has 1 rings (SSSR count). The van der Waals surface area contributed by atoms with Gasteiger partial charge in [0.1, 0.15) is 5.75 Å². The third-order valence-electron chi connectivity index (χ3n) is 2.66. The first-order chi connectivity index (χ1) is 8.82. The number of nitrogens with zero attached hydrogens (tertiary/aromatic N) is 2. The van der Waals surface area contributed by atoms with Gasteiger partial charge < -0.3 is 10.5 Å². The fourth-order valence-corrected chi connectivity index (χ4v) is 2.87. The van der Waals surface area contributed by atoms with Gasteiger partial charge in [0.2, 0.25) is 10.0 Å². The Morgan fingerprint density at radius 2 is 2.16 bits per heavy atom. The molecule has 0 aliphatic rings. The number of ether oxygens (including phenoxy) is 1. The van der Waals surface area contributed by atoms with Gasteiger partial charge in [0.15, 0.2) is 0 Å². The number of nitrogen functional groups attached to an aromatic ring is 1. The van der Waals surface area contributed by atoms with Crippen molar-refractivity contribution < 1.29 is 13.2 Å². The van der Waals surface area contributed by atoms with Crippen molar-refractivity contribution in [2.45, 2.75) is 11.8 Å². The van der Waals surface area contributed by atoms with E-state index >= 15 is 0 Å². The summed E-state index contributed by atoms with van der Waals surface area (Å²) in [6, 6.07) is 6.28. The molecule has 1 aromatic rings. The molecule has 0 fully saturated rings. The molecule has 0 aliphatic carbocycles. The normalized spacial score (nSPS) is 13.0. The van der Waals surface area contributed by atoms with Gasteiger partial charge in [-0.1, -0.05) is 0 Å². The van der Waals surface area contributed by atoms with E-state index in [0.717, 1.165) is 4.31 Å². The molecule has 1 aromatic carbocycles. The summed E-state index contributed by atoms with van der Waals surface area (Å²) < 4.78 is 30.6. The SMILES string of the molecule is COc1ccc(S(=O)(=O)N(C)CC(C)C#N)cc1N. The molecule has 0 saturated heterocycles. The van der Waals surface area contributed by atoms with Gasteiger partial charge in [0, 0.05) is 13.6 Å². The topological polar surface area (TPSA) is 96.4 Å². The maximum atomic E-state index is 12.3. The van der Waals surface area contributed by atoms with E-state index in [0.29, 0.717) is 5.75 Å². The summed E-state index contributed by atoms with van der Waals surface area (Å²) >= 11 is 0. The van der Waals surface area contributed by atoms with Crippen LogP contribution in [-0.4, -0.2) is 33.4 Å². The fraction of sp³-hybridized carbons (Fsp3) is 0.417. The highest BCUT2D eigenvalue weighted by Crippen LogP contribution is 2.26. The molecule has 0 aromatic heterocycles. The Morgan fingerprint density at radius 3 is 2.63 bits per heavy atom. The zero-order chi connectivity index (χ0) is 14.6. The third kappa shape index (κ3) is 3.36. The second-order valence-corrected chi connectivity index (χ2v) is 6.26. The van der Waals surface area contributed by atoms with E-state index < -0.39 is 10.0 Å². The Balaban J connectivity index is 3.07. The van der Waals surface area contributed by atoms with Crippen LogP contribution in [-0.2, 0) is 10.0 Å². The lowest BCUT2D eigenvalue weighted by Crippen LogP contribution is -2.30. The molecular weight excluding hydrogens is 266 g/mol. The lowest BCUT2D eigenvalue weighted by molar-refractivity contribution is 0.416. The number of hydrogen-bond acceptors (Lipinski definition) is 5. The van der Waals surface area contributed by atoms with E-state index in [-0.39, 0.29) is 23.0 Å². The fourth-order valence-electron chi connectivity index (χ4n) is 1.58. The molecule has 0 spiro atoms. The van der Waals surface area contributed by atoms with Crippen LogP contribution in [0.5, 0.6) is 5.75 Å². The number of hydrogen-bond donors (Lipinski definition) is 1. The maximum Gasteiger partial charge on any atom is 0.242 e. The van der Waals surface area contributed by atoms with Crippen molar-refractivity contribution in [3.8, 4) is 11.8 Å². The smallest absolute Gasteiger partial charge is 0.242 e. The number of nitriles is 1. The van der Waals surface area contributed by atoms with Crippen molar-refractivity contribution in [1.82, 2.24) is 4.31 Å². The van der Waals surface area contributed by atoms with Crippen molar-refractivity contribution >= 4 is 15.7 Å². The minimum absolute atomic E-state index is 0.0819. The maximum absolute atomic E-state index is 12.3. The summed E-state index contributed by atoms with van der Waals surface area (Å²) in [5.41, 5.74) is 5.95. The van der Waals surface area contributed by atoms with Gasteiger partial charge in [-0.2, -0.15) is 9.57 Å². The van der Waals surface area contributed by atoms with Gasteiger partial charge in [0.05, 0.1) is 29.7 Å². The first-order valence-electron chi connectivity index (χ1n) is 5.62. The second-order valence-electron chi connectivity index (χ2n) is 4.22. The predicted molar refractivity (Wildman–Crippen MR) is 72.0 cm³/mol. The largest absolute Gasteiger partial charge is 0.495 e. The molecule has 1 atom stereocenters. The highest BCUT2D eigenvalue weighted by Gasteiger charge is 2.23. The average molecular weight is 283 g/mol. The number of rotatable bonds is 5. The first-order valence-corrected chi connectivity index (χ1v) is 7.06. The number of methoxy groups -OCH3 is 1. The summed E-state index contributed by atoms with van der Waals surface area (Å²) in [7, 11) is -0.752. The molecule has 2 N–H and O–H groups in total. The number of sulfonamides is 1. The second kappa shape index (κ2) is 5.91. The molecule has 0 aliphatic heterocycles. The molecule has 6 nitrogen and oxygen atoms in total. The summed E-state index contributed by atoms with van der Waals surface area (Å²) in [5, 5.41) is 8.72. The van der Waals surface area contributed by atoms with Crippen LogP contribution in [0.2, 0.25) is 0 Å². The van der Waals surface area contributed by atoms with E-state index in [4.69, 9.17) is 15.7 Å². The van der Waals surface area contributed by atoms with Crippen LogP contribution in [0.25, 0.3) is 0 Å². The molecular formula is C12H17N3O3S. The van der Waals surface area contributed by atoms with Crippen LogP contribution in [0.1, 0.15) is 6.92 Å². The van der Waals surface area contributed by atoms with Crippen molar-refractivity contribution in [2.24, 2.45) is 5.92 Å². The van der Waals surface area contributed by atoms with Crippen LogP contribution >= 0.6 is 0 Å². The minimum atomic E-state index is -3.64. The van der Waals surface area contributed by atoms with E-state index in [1.165, 1.54) is 32.4 Å². The van der Waals surface area contributed by atoms with Crippen molar-refractivity contribution in [1.29, 1.82) is 5.26 Å². The Labute approximate surface area is 113 Å². The zero-order valence-electron chi connectivity index (χ0n) is 11.1. The van der Waals surface area contributed by atoms with Gasteiger partial charge in [-0.15, -0.1) is 0 Å². The number of benzene rings is 1. The molecule has 19 heavy (non-hydrogen) atoms. The highest BCUT2D eigenvalue weighted by molar-refractivity contribution is 7.89. The minimum Gasteiger partial charge on any atom is -0.495 e. The van der Waals surface area contributed by atoms with Crippen molar-refractivity contribution in [3.63, 3.8) is 0 Å². The highest BCUT2D eigenvalue weighted by atomic mass is 32.2. The Kier molecular flexibility index (Phi) is 4.75. The van der Waals surface area contributed by atoms with E-state index in [1.807, 2.05) is 6.07 Å². The molecule has 1 unspecified atom stereocenters. The average Bonchev–Trinajstić information content (AvgIpc) is 2.38. The molecule has 0 saturated carbocycles. The Hall–Kier alpha value is -1.78. The van der Waals surface area contributed by atoms with Gasteiger partial charge in [-0.05, 0) is 25.1 Å². The summed E-state index contributed by atoms with van der Waals surface area (Å²) in [4.78, 5) is 0.0819. The van der Waals surface area contributed by atoms with Gasteiger partial charge >= 0.3 is 0 Å². The summed E-state index contributed by atoms with van der Waals surface area (Å²) in [6.45, 7) is 1.79. The Morgan fingerprint density at radius 1 is 1.53 bits per heavy atom. The molecule has 7 heteroatoms. The first kappa shape index (κ1) is 15.3. The lowest BCUT2D eigenvalue weighted by Gasteiger charge is -2.18. The van der Waals surface area contributed by atoms with E-state index in [2.05, 4.69) is 0 Å². The van der Waals surface area contributed by atoms with Crippen LogP contribution < -0.4 is 10.5 Å². The molecule has 0 bridgehead atoms.